The van der Waals surface area contributed by atoms with Crippen LogP contribution in [0, 0.1) is 5.92 Å². The van der Waals surface area contributed by atoms with Crippen LogP contribution in [0.5, 0.6) is 0 Å². The van der Waals surface area contributed by atoms with E-state index >= 15 is 0 Å². The van der Waals surface area contributed by atoms with Crippen LogP contribution in [0.1, 0.15) is 85.1 Å². The number of aromatic amines is 1. The molecule has 3 atom stereocenters. The summed E-state index contributed by atoms with van der Waals surface area (Å²) in [5, 5.41) is 24.7. The average molecular weight is 840 g/mol. The normalized spacial score (nSPS) is 24.9. The predicted molar refractivity (Wildman–Crippen MR) is 217 cm³/mol. The number of hydrogen-bond donors (Lipinski definition) is 4. The van der Waals surface area contributed by atoms with Crippen LogP contribution in [0.3, 0.4) is 0 Å². The van der Waals surface area contributed by atoms with Gasteiger partial charge in [0.2, 0.25) is 17.7 Å². The number of hydrogen-bond acceptors (Lipinski definition) is 12. The van der Waals surface area contributed by atoms with Crippen LogP contribution in [0.25, 0.3) is 16.6 Å². The molecule has 2 bridgehead atoms. The number of rotatable bonds is 11. The van der Waals surface area contributed by atoms with Crippen LogP contribution in [-0.2, 0) is 19.1 Å². The maximum absolute atomic E-state index is 14.3. The van der Waals surface area contributed by atoms with Gasteiger partial charge in [0, 0.05) is 63.5 Å². The number of nitrogens with zero attached hydrogens (tertiary/aromatic N) is 9. The molecule has 20 heteroatoms. The molecule has 320 valence electrons. The number of ether oxygens (including phenoxy) is 1. The topological polar surface area (TPSA) is 200 Å². The molecule has 5 fully saturated rings. The van der Waals surface area contributed by atoms with E-state index in [9.17, 15) is 28.0 Å². The molecule has 1 aromatic carbocycles. The predicted octanol–water partition coefficient (Wildman–Crippen LogP) is 3.48. The van der Waals surface area contributed by atoms with E-state index in [1.165, 1.54) is 16.9 Å². The molecule has 5 aliphatic rings. The minimum absolute atomic E-state index is 0.0183. The van der Waals surface area contributed by atoms with Gasteiger partial charge in [-0.2, -0.15) is 15.3 Å². The number of H-pyrrole nitrogens is 1. The Morgan fingerprint density at radius 1 is 0.967 bits per heavy atom. The first-order chi connectivity index (χ1) is 29.6. The van der Waals surface area contributed by atoms with Crippen molar-refractivity contribution in [1.82, 2.24) is 49.7 Å². The smallest absolute Gasteiger partial charge is 0.284 e. The number of aromatic nitrogens is 7. The van der Waals surface area contributed by atoms with Crippen molar-refractivity contribution in [1.29, 1.82) is 0 Å². The van der Waals surface area contributed by atoms with Gasteiger partial charge >= 0.3 is 0 Å². The number of piperazine rings is 1. The highest BCUT2D eigenvalue weighted by atomic mass is 19.3. The van der Waals surface area contributed by atoms with Crippen molar-refractivity contribution in [2.45, 2.75) is 75.5 Å². The lowest BCUT2D eigenvalue weighted by Crippen LogP contribution is -2.49. The number of amides is 4. The molecule has 4 amide bonds. The summed E-state index contributed by atoms with van der Waals surface area (Å²) in [6, 6.07) is 7.48. The molecule has 1 saturated carbocycles. The summed E-state index contributed by atoms with van der Waals surface area (Å²) in [5.74, 6) is -0.698. The van der Waals surface area contributed by atoms with Crippen molar-refractivity contribution in [2.75, 3.05) is 68.0 Å². The molecule has 5 aromatic rings. The van der Waals surface area contributed by atoms with E-state index in [2.05, 4.69) is 51.0 Å². The maximum Gasteiger partial charge on any atom is 0.284 e. The number of para-hydroxylation sites is 1. The first kappa shape index (κ1) is 39.3. The zero-order valence-electron chi connectivity index (χ0n) is 33.4. The Kier molecular flexibility index (Phi) is 10.4. The van der Waals surface area contributed by atoms with Crippen LogP contribution in [-0.4, -0.2) is 133 Å². The monoisotopic (exact) mass is 839 g/mol. The molecule has 0 radical (unpaired) electrons. The first-order valence-corrected chi connectivity index (χ1v) is 21.1. The number of carbonyl (C=O) groups excluding carboxylic acids is 4. The van der Waals surface area contributed by atoms with Crippen molar-refractivity contribution < 1.29 is 32.7 Å². The summed E-state index contributed by atoms with van der Waals surface area (Å²) in [6.07, 6.45) is 6.98. The Morgan fingerprint density at radius 2 is 1.79 bits per heavy atom. The molecule has 8 heterocycles. The molecule has 0 spiro atoms. The fraction of sp³-hybridized carbons (Fsp3) is 0.512. The van der Waals surface area contributed by atoms with Gasteiger partial charge in [0.05, 0.1) is 60.5 Å². The third-order valence-electron chi connectivity index (χ3n) is 13.0. The Balaban J connectivity index is 0.699. The van der Waals surface area contributed by atoms with Crippen LogP contribution in [0.15, 0.2) is 42.9 Å². The summed E-state index contributed by atoms with van der Waals surface area (Å²) in [4.78, 5) is 62.3. The van der Waals surface area contributed by atoms with Crippen LogP contribution >= 0.6 is 0 Å². The number of nitrogens with one attached hydrogen (secondary N) is 4. The Bertz CT molecular complexity index is 2490. The molecule has 18 nitrogen and oxygen atoms in total. The summed E-state index contributed by atoms with van der Waals surface area (Å²) in [6.45, 7) is 5.68. The van der Waals surface area contributed by atoms with Gasteiger partial charge in [-0.25, -0.2) is 18.3 Å². The number of morpholine rings is 1. The van der Waals surface area contributed by atoms with Gasteiger partial charge in [0.25, 0.3) is 12.3 Å². The molecule has 61 heavy (non-hydrogen) atoms. The van der Waals surface area contributed by atoms with Gasteiger partial charge in [0.15, 0.2) is 11.3 Å². The number of carbonyl (C=O) groups is 4. The number of fused-ring (bicyclic) bond motifs is 4. The van der Waals surface area contributed by atoms with Gasteiger partial charge in [-0.3, -0.25) is 39.2 Å². The summed E-state index contributed by atoms with van der Waals surface area (Å²) < 4.78 is 37.4. The van der Waals surface area contributed by atoms with Gasteiger partial charge in [-0.05, 0) is 56.6 Å². The SMILES string of the molecule is O=C1CC[C@H](c2[nH]nc3c(NC(=O)CN4CCN(CC5CCC(n6cc(NC(=O)c7cnn8ccc(N9C[C@@H]%10C[C@H]9CO%10)nc78)c(C(F)F)n6)CC5)CC4)cccc23)C(=O)N1. The fourth-order valence-electron chi connectivity index (χ4n) is 9.77. The van der Waals surface area contributed by atoms with E-state index in [-0.39, 0.29) is 60.1 Å². The summed E-state index contributed by atoms with van der Waals surface area (Å²) in [7, 11) is 0. The first-order valence-electron chi connectivity index (χ1n) is 21.1. The van der Waals surface area contributed by atoms with E-state index in [0.717, 1.165) is 82.6 Å². The van der Waals surface area contributed by atoms with Crippen LogP contribution in [0.2, 0.25) is 0 Å². The second-order valence-electron chi connectivity index (χ2n) is 16.9. The Hall–Kier alpha value is -5.86. The van der Waals surface area contributed by atoms with Crippen molar-refractivity contribution in [2.24, 2.45) is 5.92 Å². The summed E-state index contributed by atoms with van der Waals surface area (Å²) in [5.41, 5.74) is 1.81. The lowest BCUT2D eigenvalue weighted by Gasteiger charge is -2.38. The van der Waals surface area contributed by atoms with Crippen molar-refractivity contribution in [3.63, 3.8) is 0 Å². The molecule has 0 unspecified atom stereocenters. The van der Waals surface area contributed by atoms with Gasteiger partial charge in [-0.15, -0.1) is 0 Å². The molecule has 4 aromatic heterocycles. The van der Waals surface area contributed by atoms with Crippen LogP contribution in [0.4, 0.5) is 26.0 Å². The minimum Gasteiger partial charge on any atom is -0.374 e. The summed E-state index contributed by atoms with van der Waals surface area (Å²) >= 11 is 0. The number of benzene rings is 1. The second kappa shape index (κ2) is 16.2. The molecule has 4 N–H and O–H groups in total. The number of alkyl halides is 2. The average Bonchev–Trinajstić information content (AvgIpc) is 4.11. The van der Waals surface area contributed by atoms with E-state index in [4.69, 9.17) is 9.72 Å². The van der Waals surface area contributed by atoms with Gasteiger partial charge in [0.1, 0.15) is 16.9 Å². The lowest BCUT2D eigenvalue weighted by atomic mass is 9.85. The van der Waals surface area contributed by atoms with Crippen LogP contribution < -0.4 is 20.9 Å². The third-order valence-corrected chi connectivity index (χ3v) is 13.0. The van der Waals surface area contributed by atoms with E-state index < -0.39 is 23.9 Å². The molecular formula is C41H47F2N13O5. The quantitative estimate of drug-likeness (QED) is 0.142. The van der Waals surface area contributed by atoms with Gasteiger partial charge < -0.3 is 25.2 Å². The molecule has 4 aliphatic heterocycles. The standard InChI is InChI=1S/C41H47F2N13O5/c42-38(43)37-31(46-41(60)29-17-44-55-11-10-32(47-39(29)55)54-19-26-16-25(54)22-61-26)20-56(51-37)24-6-4-23(5-7-24)18-52-12-14-53(15-13-52)21-34(58)45-30-3-1-2-27-35(49-50-36(27)30)28-8-9-33(57)48-40(28)59/h1-3,10-11,17,20,23-26,28,38H,4-9,12-16,18-19,21-22H2,(H,45,58)(H,46,60)(H,49,50)(H,48,57,59)/t23?,24?,25-,26-,28+/m0/s1. The maximum atomic E-state index is 14.3. The Labute approximate surface area is 348 Å². The molecule has 4 saturated heterocycles. The largest absolute Gasteiger partial charge is 0.374 e. The molecule has 10 rings (SSSR count). The number of imide groups is 1. The number of piperidine rings is 1. The van der Waals surface area contributed by atoms with E-state index in [1.54, 1.807) is 16.9 Å². The number of anilines is 3. The molecular weight excluding hydrogens is 793 g/mol. The number of halogens is 2. The van der Waals surface area contributed by atoms with E-state index in [1.807, 2.05) is 18.2 Å². The van der Waals surface area contributed by atoms with Crippen molar-refractivity contribution in [3.05, 3.63) is 59.8 Å². The van der Waals surface area contributed by atoms with Gasteiger partial charge in [-0.1, -0.05) is 12.1 Å². The highest BCUT2D eigenvalue weighted by Crippen LogP contribution is 2.37. The third kappa shape index (κ3) is 7.83. The Morgan fingerprint density at radius 3 is 2.54 bits per heavy atom. The zero-order chi connectivity index (χ0) is 41.8. The highest BCUT2D eigenvalue weighted by Gasteiger charge is 2.40. The lowest BCUT2D eigenvalue weighted by molar-refractivity contribution is -0.134. The highest BCUT2D eigenvalue weighted by molar-refractivity contribution is 6.08. The van der Waals surface area contributed by atoms with E-state index in [0.29, 0.717) is 41.5 Å². The van der Waals surface area contributed by atoms with Crippen molar-refractivity contribution in [3.8, 4) is 0 Å². The second-order valence-corrected chi connectivity index (χ2v) is 16.9. The minimum atomic E-state index is -2.87. The zero-order valence-corrected chi connectivity index (χ0v) is 33.4. The fourth-order valence-corrected chi connectivity index (χ4v) is 9.77. The molecule has 1 aliphatic carbocycles. The van der Waals surface area contributed by atoms with Crippen molar-refractivity contribution >= 4 is 57.4 Å².